The third kappa shape index (κ3) is 3.98. The molecule has 0 aliphatic heterocycles. The first-order chi connectivity index (χ1) is 12.7. The van der Waals surface area contributed by atoms with E-state index >= 15 is 0 Å². The number of aromatic nitrogens is 1. The summed E-state index contributed by atoms with van der Waals surface area (Å²) in [5.41, 5.74) is 3.69. The number of aldehydes is 1. The van der Waals surface area contributed by atoms with Crippen LogP contribution in [0, 0.1) is 5.82 Å². The van der Waals surface area contributed by atoms with Gasteiger partial charge in [0.05, 0.1) is 5.52 Å². The highest BCUT2D eigenvalue weighted by Gasteiger charge is 2.10. The molecule has 3 aromatic rings. The average Bonchev–Trinajstić information content (AvgIpc) is 2.68. The number of hydrogen-bond acceptors (Lipinski definition) is 2. The van der Waals surface area contributed by atoms with Crippen molar-refractivity contribution in [2.24, 2.45) is 0 Å². The Morgan fingerprint density at radius 3 is 2.65 bits per heavy atom. The largest absolute Gasteiger partial charge is 0.298 e. The summed E-state index contributed by atoms with van der Waals surface area (Å²) in [5.74, 6) is -0.158. The number of nitrogens with zero attached hydrogens (tertiary/aromatic N) is 1. The van der Waals surface area contributed by atoms with Crippen LogP contribution < -0.4 is 0 Å². The lowest BCUT2D eigenvalue weighted by molar-refractivity contribution is 0.112. The molecule has 0 radical (unpaired) electrons. The van der Waals surface area contributed by atoms with E-state index in [4.69, 9.17) is 0 Å². The summed E-state index contributed by atoms with van der Waals surface area (Å²) < 4.78 is 14.6. The van der Waals surface area contributed by atoms with E-state index < -0.39 is 0 Å². The third-order valence-corrected chi connectivity index (χ3v) is 4.84. The smallest absolute Gasteiger partial charge is 0.152 e. The Labute approximate surface area is 154 Å². The molecule has 0 unspecified atom stereocenters. The standard InChI is InChI=1S/C23H24FNO/c1-2-3-4-5-6-8-17-10-11-18(15-22(17)24)20-13-12-19(16-26)23-21(20)9-7-14-25-23/h7,9-16H,2-6,8H2,1H3. The minimum atomic E-state index is -0.158. The second-order valence-corrected chi connectivity index (χ2v) is 6.69. The summed E-state index contributed by atoms with van der Waals surface area (Å²) >= 11 is 0. The summed E-state index contributed by atoms with van der Waals surface area (Å²) in [6, 6.07) is 12.8. The van der Waals surface area contributed by atoms with E-state index in [0.29, 0.717) is 11.1 Å². The topological polar surface area (TPSA) is 30.0 Å². The monoisotopic (exact) mass is 349 g/mol. The number of hydrogen-bond donors (Lipinski definition) is 0. The van der Waals surface area contributed by atoms with Gasteiger partial charge in [-0.2, -0.15) is 0 Å². The molecule has 3 heteroatoms. The van der Waals surface area contributed by atoms with E-state index in [2.05, 4.69) is 11.9 Å². The maximum absolute atomic E-state index is 14.6. The molecule has 0 bridgehead atoms. The lowest BCUT2D eigenvalue weighted by atomic mass is 9.96. The Hall–Kier alpha value is -2.55. The van der Waals surface area contributed by atoms with Gasteiger partial charge in [0, 0.05) is 17.1 Å². The summed E-state index contributed by atoms with van der Waals surface area (Å²) in [5, 5.41) is 0.865. The minimum Gasteiger partial charge on any atom is -0.298 e. The number of aryl methyl sites for hydroxylation is 1. The predicted molar refractivity (Wildman–Crippen MR) is 105 cm³/mol. The summed E-state index contributed by atoms with van der Waals surface area (Å²) in [6.45, 7) is 2.19. The number of carbonyl (C=O) groups excluding carboxylic acids is 1. The maximum atomic E-state index is 14.6. The van der Waals surface area contributed by atoms with Gasteiger partial charge in [-0.25, -0.2) is 4.39 Å². The Morgan fingerprint density at radius 2 is 1.88 bits per heavy atom. The van der Waals surface area contributed by atoms with Gasteiger partial charge in [0.1, 0.15) is 5.82 Å². The Kier molecular flexibility index (Phi) is 6.11. The van der Waals surface area contributed by atoms with Gasteiger partial charge in [0.2, 0.25) is 0 Å². The second-order valence-electron chi connectivity index (χ2n) is 6.69. The van der Waals surface area contributed by atoms with E-state index in [1.807, 2.05) is 30.3 Å². The van der Waals surface area contributed by atoms with Crippen molar-refractivity contribution in [3.8, 4) is 11.1 Å². The van der Waals surface area contributed by atoms with Crippen LogP contribution in [0.1, 0.15) is 54.9 Å². The first kappa shape index (κ1) is 18.2. The van der Waals surface area contributed by atoms with Crippen molar-refractivity contribution >= 4 is 17.2 Å². The van der Waals surface area contributed by atoms with E-state index in [0.717, 1.165) is 47.6 Å². The summed E-state index contributed by atoms with van der Waals surface area (Å²) in [7, 11) is 0. The highest BCUT2D eigenvalue weighted by Crippen LogP contribution is 2.30. The number of carbonyl (C=O) groups is 1. The molecule has 26 heavy (non-hydrogen) atoms. The predicted octanol–water partition coefficient (Wildman–Crippen LogP) is 6.37. The van der Waals surface area contributed by atoms with Gasteiger partial charge in [0.15, 0.2) is 6.29 Å². The Morgan fingerprint density at radius 1 is 1.04 bits per heavy atom. The van der Waals surface area contributed by atoms with Crippen molar-refractivity contribution in [2.75, 3.05) is 0 Å². The van der Waals surface area contributed by atoms with Crippen molar-refractivity contribution in [1.82, 2.24) is 4.98 Å². The van der Waals surface area contributed by atoms with Crippen LogP contribution in [-0.4, -0.2) is 11.3 Å². The Balaban J connectivity index is 1.86. The van der Waals surface area contributed by atoms with Crippen molar-refractivity contribution in [1.29, 1.82) is 0 Å². The van der Waals surface area contributed by atoms with Crippen LogP contribution in [0.2, 0.25) is 0 Å². The van der Waals surface area contributed by atoms with Crippen LogP contribution in [-0.2, 0) is 6.42 Å². The molecular weight excluding hydrogens is 325 g/mol. The molecule has 0 saturated heterocycles. The van der Waals surface area contributed by atoms with Crippen LogP contribution in [0.15, 0.2) is 48.7 Å². The van der Waals surface area contributed by atoms with Gasteiger partial charge >= 0.3 is 0 Å². The number of rotatable bonds is 8. The van der Waals surface area contributed by atoms with Gasteiger partial charge in [-0.15, -0.1) is 0 Å². The molecule has 134 valence electrons. The molecule has 3 rings (SSSR count). The Bertz CT molecular complexity index is 904. The molecule has 0 amide bonds. The molecule has 0 atom stereocenters. The van der Waals surface area contributed by atoms with Crippen molar-refractivity contribution in [2.45, 2.75) is 45.4 Å². The highest BCUT2D eigenvalue weighted by atomic mass is 19.1. The van der Waals surface area contributed by atoms with Crippen LogP contribution in [0.3, 0.4) is 0 Å². The van der Waals surface area contributed by atoms with Crippen molar-refractivity contribution in [3.63, 3.8) is 0 Å². The van der Waals surface area contributed by atoms with E-state index in [-0.39, 0.29) is 5.82 Å². The molecule has 0 fully saturated rings. The first-order valence-corrected chi connectivity index (χ1v) is 9.36. The fraction of sp³-hybridized carbons (Fsp3) is 0.304. The number of fused-ring (bicyclic) bond motifs is 1. The van der Waals surface area contributed by atoms with Gasteiger partial charge in [-0.05, 0) is 47.7 Å². The molecule has 0 N–H and O–H groups in total. The third-order valence-electron chi connectivity index (χ3n) is 4.84. The molecule has 0 saturated carbocycles. The van der Waals surface area contributed by atoms with E-state index in [1.165, 1.54) is 19.3 Å². The SMILES string of the molecule is CCCCCCCc1ccc(-c2ccc(C=O)c3ncccc23)cc1F. The number of unbranched alkanes of at least 4 members (excludes halogenated alkanes) is 4. The fourth-order valence-electron chi connectivity index (χ4n) is 3.38. The summed E-state index contributed by atoms with van der Waals surface area (Å²) in [4.78, 5) is 15.6. The molecular formula is C23H24FNO. The zero-order valence-electron chi connectivity index (χ0n) is 15.2. The molecule has 0 aliphatic carbocycles. The maximum Gasteiger partial charge on any atom is 0.152 e. The first-order valence-electron chi connectivity index (χ1n) is 9.36. The number of benzene rings is 2. The molecule has 1 heterocycles. The molecule has 1 aromatic heterocycles. The lowest BCUT2D eigenvalue weighted by Crippen LogP contribution is -1.94. The van der Waals surface area contributed by atoms with Crippen LogP contribution in [0.4, 0.5) is 4.39 Å². The van der Waals surface area contributed by atoms with Crippen LogP contribution >= 0.6 is 0 Å². The van der Waals surface area contributed by atoms with E-state index in [9.17, 15) is 9.18 Å². The quantitative estimate of drug-likeness (QED) is 0.349. The van der Waals surface area contributed by atoms with Crippen molar-refractivity contribution in [3.05, 3.63) is 65.6 Å². The van der Waals surface area contributed by atoms with E-state index in [1.54, 1.807) is 18.3 Å². The molecule has 2 aromatic carbocycles. The van der Waals surface area contributed by atoms with Gasteiger partial charge in [0.25, 0.3) is 0 Å². The fourth-order valence-corrected chi connectivity index (χ4v) is 3.38. The molecule has 0 aliphatic rings. The molecule has 0 spiro atoms. The van der Waals surface area contributed by atoms with Crippen LogP contribution in [0.5, 0.6) is 0 Å². The highest BCUT2D eigenvalue weighted by molar-refractivity contribution is 6.03. The number of halogens is 1. The number of pyridine rings is 1. The minimum absolute atomic E-state index is 0.158. The average molecular weight is 349 g/mol. The van der Waals surface area contributed by atoms with Crippen LogP contribution in [0.25, 0.3) is 22.0 Å². The summed E-state index contributed by atoms with van der Waals surface area (Å²) in [6.07, 6.45) is 9.12. The van der Waals surface area contributed by atoms with Gasteiger partial charge < -0.3 is 0 Å². The molecule has 2 nitrogen and oxygen atoms in total. The zero-order chi connectivity index (χ0) is 18.4. The second kappa shape index (κ2) is 8.70. The van der Waals surface area contributed by atoms with Gasteiger partial charge in [-0.3, -0.25) is 9.78 Å². The van der Waals surface area contributed by atoms with Crippen molar-refractivity contribution < 1.29 is 9.18 Å². The van der Waals surface area contributed by atoms with Gasteiger partial charge in [-0.1, -0.05) is 56.9 Å². The normalized spacial score (nSPS) is 11.0. The lowest BCUT2D eigenvalue weighted by Gasteiger charge is -2.10. The zero-order valence-corrected chi connectivity index (χ0v) is 15.2.